The quantitative estimate of drug-likeness (QED) is 0.428. The van der Waals surface area contributed by atoms with Crippen LogP contribution in [0.15, 0.2) is 54.6 Å². The molecule has 1 saturated heterocycles. The van der Waals surface area contributed by atoms with E-state index in [4.69, 9.17) is 0 Å². The summed E-state index contributed by atoms with van der Waals surface area (Å²) in [7, 11) is 0. The van der Waals surface area contributed by atoms with E-state index in [0.717, 1.165) is 19.0 Å². The van der Waals surface area contributed by atoms with E-state index < -0.39 is 0 Å². The standard InChI is InChI=1S/C24H24N2.2ClH/c1-2-16-4-5-18-9-11-21(20-10-8-17(3-1)22(16)23(18)20)24(19-6-7-19)26-14-12-25-13-15-26;;/h1-5,8-11,19,24-25H,6-7,12-15H2;2*1H/t24-;;/m0../s1. The molecule has 2 fully saturated rings. The Morgan fingerprint density at radius 2 is 1.36 bits per heavy atom. The van der Waals surface area contributed by atoms with E-state index in [1.165, 1.54) is 58.2 Å². The lowest BCUT2D eigenvalue weighted by Gasteiger charge is -2.36. The molecule has 2 aliphatic rings. The van der Waals surface area contributed by atoms with Gasteiger partial charge in [-0.3, -0.25) is 4.90 Å². The third kappa shape index (κ3) is 3.04. The molecule has 1 aliphatic carbocycles. The minimum Gasteiger partial charge on any atom is -0.314 e. The molecule has 1 heterocycles. The van der Waals surface area contributed by atoms with Crippen LogP contribution >= 0.6 is 24.8 Å². The molecular weight excluding hydrogens is 387 g/mol. The minimum absolute atomic E-state index is 0. The summed E-state index contributed by atoms with van der Waals surface area (Å²) in [5.74, 6) is 0.839. The molecule has 0 amide bonds. The summed E-state index contributed by atoms with van der Waals surface area (Å²) in [6.45, 7) is 4.58. The fourth-order valence-electron chi connectivity index (χ4n) is 5.14. The van der Waals surface area contributed by atoms with Crippen molar-refractivity contribution < 1.29 is 0 Å². The van der Waals surface area contributed by atoms with Crippen LogP contribution in [0.25, 0.3) is 32.3 Å². The molecule has 28 heavy (non-hydrogen) atoms. The second kappa shape index (κ2) is 7.68. The van der Waals surface area contributed by atoms with E-state index >= 15 is 0 Å². The Kier molecular flexibility index (Phi) is 5.41. The van der Waals surface area contributed by atoms with Crippen molar-refractivity contribution in [2.24, 2.45) is 5.92 Å². The molecule has 1 N–H and O–H groups in total. The predicted octanol–water partition coefficient (Wildman–Crippen LogP) is 5.78. The molecule has 0 radical (unpaired) electrons. The van der Waals surface area contributed by atoms with Gasteiger partial charge in [-0.2, -0.15) is 0 Å². The molecule has 6 rings (SSSR count). The number of nitrogens with one attached hydrogen (secondary N) is 1. The van der Waals surface area contributed by atoms with Crippen LogP contribution in [0.1, 0.15) is 24.4 Å². The van der Waals surface area contributed by atoms with Gasteiger partial charge in [0.1, 0.15) is 0 Å². The molecule has 1 aliphatic heterocycles. The smallest absolute Gasteiger partial charge is 0.0383 e. The lowest BCUT2D eigenvalue weighted by atomic mass is 9.88. The van der Waals surface area contributed by atoms with Crippen LogP contribution in [-0.2, 0) is 0 Å². The van der Waals surface area contributed by atoms with E-state index in [-0.39, 0.29) is 24.8 Å². The first-order valence-electron chi connectivity index (χ1n) is 10.0. The molecular formula is C24H26Cl2N2. The number of piperazine rings is 1. The molecule has 0 aromatic heterocycles. The van der Waals surface area contributed by atoms with Crippen molar-refractivity contribution in [3.63, 3.8) is 0 Å². The van der Waals surface area contributed by atoms with E-state index in [1.54, 1.807) is 5.56 Å². The molecule has 1 saturated carbocycles. The second-order valence-corrected chi connectivity index (χ2v) is 8.08. The third-order valence-electron chi connectivity index (χ3n) is 6.49. The van der Waals surface area contributed by atoms with Crippen LogP contribution < -0.4 is 5.32 Å². The number of halogens is 2. The molecule has 4 heteroatoms. The van der Waals surface area contributed by atoms with Crippen LogP contribution in [0, 0.1) is 5.92 Å². The fraction of sp³-hybridized carbons (Fsp3) is 0.333. The van der Waals surface area contributed by atoms with Crippen molar-refractivity contribution in [3.05, 3.63) is 60.2 Å². The minimum atomic E-state index is 0. The van der Waals surface area contributed by atoms with Crippen LogP contribution in [-0.4, -0.2) is 31.1 Å². The average molecular weight is 413 g/mol. The lowest BCUT2D eigenvalue weighted by Crippen LogP contribution is -2.45. The monoisotopic (exact) mass is 412 g/mol. The fourth-order valence-corrected chi connectivity index (χ4v) is 5.14. The van der Waals surface area contributed by atoms with Crippen molar-refractivity contribution >= 4 is 57.1 Å². The van der Waals surface area contributed by atoms with Crippen LogP contribution in [0.3, 0.4) is 0 Å². The van der Waals surface area contributed by atoms with Gasteiger partial charge in [0, 0.05) is 32.2 Å². The zero-order valence-electron chi connectivity index (χ0n) is 15.9. The van der Waals surface area contributed by atoms with Gasteiger partial charge in [-0.25, -0.2) is 0 Å². The highest BCUT2D eigenvalue weighted by molar-refractivity contribution is 6.23. The van der Waals surface area contributed by atoms with E-state index in [2.05, 4.69) is 64.8 Å². The maximum atomic E-state index is 3.52. The first-order valence-corrected chi connectivity index (χ1v) is 10.0. The largest absolute Gasteiger partial charge is 0.314 e. The SMILES string of the molecule is Cl.Cl.c1cc2ccc3ccc([C@H](C4CC4)N4CCNCC4)c4ccc(c1)c2c34. The highest BCUT2D eigenvalue weighted by atomic mass is 35.5. The summed E-state index contributed by atoms with van der Waals surface area (Å²) in [6, 6.07) is 21.3. The number of hydrogen-bond donors (Lipinski definition) is 1. The van der Waals surface area contributed by atoms with Gasteiger partial charge in [0.15, 0.2) is 0 Å². The zero-order chi connectivity index (χ0) is 17.1. The third-order valence-corrected chi connectivity index (χ3v) is 6.49. The highest BCUT2D eigenvalue weighted by Crippen LogP contribution is 2.48. The summed E-state index contributed by atoms with van der Waals surface area (Å²) < 4.78 is 0. The Morgan fingerprint density at radius 1 is 0.750 bits per heavy atom. The lowest BCUT2D eigenvalue weighted by molar-refractivity contribution is 0.157. The zero-order valence-corrected chi connectivity index (χ0v) is 17.5. The van der Waals surface area contributed by atoms with Crippen molar-refractivity contribution in [1.29, 1.82) is 0 Å². The van der Waals surface area contributed by atoms with Crippen molar-refractivity contribution in [1.82, 2.24) is 10.2 Å². The summed E-state index contributed by atoms with van der Waals surface area (Å²) in [6.07, 6.45) is 2.77. The molecule has 0 unspecified atom stereocenters. The van der Waals surface area contributed by atoms with Crippen molar-refractivity contribution in [2.75, 3.05) is 26.2 Å². The number of benzene rings is 4. The number of rotatable bonds is 3. The molecule has 4 aromatic rings. The van der Waals surface area contributed by atoms with Crippen molar-refractivity contribution in [3.8, 4) is 0 Å². The summed E-state index contributed by atoms with van der Waals surface area (Å²) in [5, 5.41) is 12.0. The van der Waals surface area contributed by atoms with Gasteiger partial charge in [-0.15, -0.1) is 24.8 Å². The predicted molar refractivity (Wildman–Crippen MR) is 125 cm³/mol. The van der Waals surface area contributed by atoms with E-state index in [9.17, 15) is 0 Å². The summed E-state index contributed by atoms with van der Waals surface area (Å²) in [4.78, 5) is 2.74. The second-order valence-electron chi connectivity index (χ2n) is 8.08. The molecule has 0 spiro atoms. The van der Waals surface area contributed by atoms with Gasteiger partial charge in [0.2, 0.25) is 0 Å². The first-order chi connectivity index (χ1) is 12.9. The topological polar surface area (TPSA) is 15.3 Å². The number of hydrogen-bond acceptors (Lipinski definition) is 2. The van der Waals surface area contributed by atoms with Gasteiger partial charge >= 0.3 is 0 Å². The number of nitrogens with zero attached hydrogens (tertiary/aromatic N) is 1. The molecule has 0 bridgehead atoms. The Morgan fingerprint density at radius 3 is 2.04 bits per heavy atom. The highest BCUT2D eigenvalue weighted by Gasteiger charge is 2.37. The van der Waals surface area contributed by atoms with Crippen LogP contribution in [0.4, 0.5) is 0 Å². The maximum absolute atomic E-state index is 3.52. The van der Waals surface area contributed by atoms with Crippen LogP contribution in [0.2, 0.25) is 0 Å². The Labute approximate surface area is 178 Å². The van der Waals surface area contributed by atoms with Crippen LogP contribution in [0.5, 0.6) is 0 Å². The molecule has 4 aromatic carbocycles. The van der Waals surface area contributed by atoms with Gasteiger partial charge in [0.25, 0.3) is 0 Å². The van der Waals surface area contributed by atoms with E-state index in [1.807, 2.05) is 0 Å². The van der Waals surface area contributed by atoms with Gasteiger partial charge in [-0.1, -0.05) is 54.6 Å². The van der Waals surface area contributed by atoms with Gasteiger partial charge in [0.05, 0.1) is 0 Å². The van der Waals surface area contributed by atoms with Gasteiger partial charge < -0.3 is 5.32 Å². The molecule has 1 atom stereocenters. The Hall–Kier alpha value is -1.58. The van der Waals surface area contributed by atoms with E-state index in [0.29, 0.717) is 6.04 Å². The van der Waals surface area contributed by atoms with Crippen molar-refractivity contribution in [2.45, 2.75) is 18.9 Å². The Bertz CT molecular complexity index is 1080. The first kappa shape index (κ1) is 19.7. The molecule has 146 valence electrons. The normalized spacial score (nSPS) is 18.9. The summed E-state index contributed by atoms with van der Waals surface area (Å²) in [5.41, 5.74) is 1.56. The summed E-state index contributed by atoms with van der Waals surface area (Å²) >= 11 is 0. The maximum Gasteiger partial charge on any atom is 0.0383 e. The average Bonchev–Trinajstić information content (AvgIpc) is 3.53. The Balaban J connectivity index is 0.000000961. The molecule has 2 nitrogen and oxygen atoms in total. The van der Waals surface area contributed by atoms with Gasteiger partial charge in [-0.05, 0) is 56.6 Å².